The van der Waals surface area contributed by atoms with E-state index in [2.05, 4.69) is 4.98 Å². The van der Waals surface area contributed by atoms with Crippen LogP contribution in [0.15, 0.2) is 60.9 Å². The molecule has 0 fully saturated rings. The number of ether oxygens (including phenoxy) is 1. The van der Waals surface area contributed by atoms with Crippen LogP contribution in [0.5, 0.6) is 5.75 Å². The van der Waals surface area contributed by atoms with Crippen molar-refractivity contribution in [3.8, 4) is 5.75 Å². The quantitative estimate of drug-likeness (QED) is 0.745. The highest BCUT2D eigenvalue weighted by atomic mass is 19.1. The van der Waals surface area contributed by atoms with E-state index in [1.54, 1.807) is 18.5 Å². The summed E-state index contributed by atoms with van der Waals surface area (Å²) in [6.07, 6.45) is 2.47. The third-order valence-electron chi connectivity index (χ3n) is 4.90. The molecule has 0 bridgehead atoms. The molecule has 1 atom stereocenters. The van der Waals surface area contributed by atoms with Crippen LogP contribution < -0.4 is 4.74 Å². The maximum absolute atomic E-state index is 14.0. The van der Waals surface area contributed by atoms with Gasteiger partial charge in [-0.1, -0.05) is 18.2 Å². The van der Waals surface area contributed by atoms with Gasteiger partial charge in [0.15, 0.2) is 0 Å². The Kier molecular flexibility index (Phi) is 5.32. The van der Waals surface area contributed by atoms with E-state index >= 15 is 0 Å². The van der Waals surface area contributed by atoms with Gasteiger partial charge in [-0.25, -0.2) is 8.78 Å². The van der Waals surface area contributed by atoms with Crippen molar-refractivity contribution >= 4 is 0 Å². The fourth-order valence-electron chi connectivity index (χ4n) is 3.41. The van der Waals surface area contributed by atoms with Crippen molar-refractivity contribution in [1.82, 2.24) is 9.88 Å². The number of fused-ring (bicyclic) bond motifs is 1. The first-order valence-electron chi connectivity index (χ1n) is 9.10. The van der Waals surface area contributed by atoms with Crippen molar-refractivity contribution in [2.75, 3.05) is 13.2 Å². The fraction of sp³-hybridized carbons (Fsp3) is 0.227. The number of hydrogen-bond donors (Lipinski definition) is 1. The molecular formula is C22H20F2N2O2. The van der Waals surface area contributed by atoms with E-state index in [0.29, 0.717) is 30.8 Å². The van der Waals surface area contributed by atoms with Crippen LogP contribution in [0.4, 0.5) is 8.78 Å². The van der Waals surface area contributed by atoms with Gasteiger partial charge < -0.3 is 9.84 Å². The highest BCUT2D eigenvalue weighted by Crippen LogP contribution is 2.30. The molecule has 0 saturated carbocycles. The highest BCUT2D eigenvalue weighted by Gasteiger charge is 2.20. The van der Waals surface area contributed by atoms with Crippen LogP contribution in [-0.4, -0.2) is 28.1 Å². The molecule has 0 aliphatic carbocycles. The largest absolute Gasteiger partial charge is 0.492 e. The summed E-state index contributed by atoms with van der Waals surface area (Å²) < 4.78 is 33.8. The van der Waals surface area contributed by atoms with Gasteiger partial charge in [0, 0.05) is 48.7 Å². The molecular weight excluding hydrogens is 362 g/mol. The molecule has 1 aliphatic heterocycles. The van der Waals surface area contributed by atoms with Crippen molar-refractivity contribution in [3.63, 3.8) is 0 Å². The zero-order valence-electron chi connectivity index (χ0n) is 15.2. The molecule has 1 aromatic heterocycles. The maximum Gasteiger partial charge on any atom is 0.130 e. The smallest absolute Gasteiger partial charge is 0.130 e. The van der Waals surface area contributed by atoms with Crippen LogP contribution in [0.25, 0.3) is 0 Å². The highest BCUT2D eigenvalue weighted by molar-refractivity contribution is 5.41. The molecule has 0 spiro atoms. The summed E-state index contributed by atoms with van der Waals surface area (Å²) in [4.78, 5) is 5.98. The molecule has 1 N–H and O–H groups in total. The van der Waals surface area contributed by atoms with Gasteiger partial charge in [-0.15, -0.1) is 0 Å². The van der Waals surface area contributed by atoms with Crippen molar-refractivity contribution in [3.05, 3.63) is 94.8 Å². The number of aromatic nitrogens is 1. The van der Waals surface area contributed by atoms with E-state index in [1.165, 1.54) is 18.2 Å². The minimum absolute atomic E-state index is 0.0532. The summed E-state index contributed by atoms with van der Waals surface area (Å²) in [5.41, 5.74) is 2.34. The summed E-state index contributed by atoms with van der Waals surface area (Å²) in [5, 5.41) is 10.6. The minimum atomic E-state index is -0.806. The molecule has 0 amide bonds. The summed E-state index contributed by atoms with van der Waals surface area (Å²) >= 11 is 0. The molecule has 2 heterocycles. The number of benzene rings is 2. The second-order valence-corrected chi connectivity index (χ2v) is 6.82. The summed E-state index contributed by atoms with van der Waals surface area (Å²) in [5.74, 6) is -0.379. The normalized spacial score (nSPS) is 15.4. The lowest BCUT2D eigenvalue weighted by molar-refractivity contribution is 0.215. The second-order valence-electron chi connectivity index (χ2n) is 6.82. The second kappa shape index (κ2) is 8.04. The zero-order chi connectivity index (χ0) is 19.5. The van der Waals surface area contributed by atoms with Gasteiger partial charge >= 0.3 is 0 Å². The Morgan fingerprint density at radius 1 is 1.07 bits per heavy atom. The van der Waals surface area contributed by atoms with E-state index in [0.717, 1.165) is 11.3 Å². The Morgan fingerprint density at radius 3 is 2.64 bits per heavy atom. The molecule has 6 heteroatoms. The number of rotatable bonds is 4. The van der Waals surface area contributed by atoms with E-state index in [4.69, 9.17) is 4.74 Å². The van der Waals surface area contributed by atoms with Crippen LogP contribution >= 0.6 is 0 Å². The van der Waals surface area contributed by atoms with Gasteiger partial charge in [-0.2, -0.15) is 0 Å². The van der Waals surface area contributed by atoms with Gasteiger partial charge in [0.05, 0.1) is 0 Å². The number of aliphatic hydroxyl groups excluding tert-OH is 1. The average molecular weight is 382 g/mol. The Hall–Kier alpha value is -2.83. The van der Waals surface area contributed by atoms with Crippen LogP contribution in [0.2, 0.25) is 0 Å². The molecule has 0 saturated heterocycles. The molecule has 3 aromatic rings. The lowest BCUT2D eigenvalue weighted by atomic mass is 10.00. The zero-order valence-corrected chi connectivity index (χ0v) is 15.2. The first-order valence-corrected chi connectivity index (χ1v) is 9.10. The maximum atomic E-state index is 14.0. The molecule has 4 nitrogen and oxygen atoms in total. The topological polar surface area (TPSA) is 45.6 Å². The van der Waals surface area contributed by atoms with E-state index in [-0.39, 0.29) is 12.1 Å². The van der Waals surface area contributed by atoms with Crippen LogP contribution in [0.1, 0.15) is 28.4 Å². The van der Waals surface area contributed by atoms with E-state index in [9.17, 15) is 13.9 Å². The van der Waals surface area contributed by atoms with Crippen molar-refractivity contribution in [1.29, 1.82) is 0 Å². The van der Waals surface area contributed by atoms with Crippen LogP contribution in [-0.2, 0) is 13.1 Å². The molecule has 1 unspecified atom stereocenters. The third kappa shape index (κ3) is 3.88. The van der Waals surface area contributed by atoms with Gasteiger partial charge in [0.25, 0.3) is 0 Å². The third-order valence-corrected chi connectivity index (χ3v) is 4.90. The minimum Gasteiger partial charge on any atom is -0.492 e. The first kappa shape index (κ1) is 18.5. The summed E-state index contributed by atoms with van der Waals surface area (Å²) in [6.45, 7) is 1.59. The summed E-state index contributed by atoms with van der Waals surface area (Å²) in [6, 6.07) is 13.0. The van der Waals surface area contributed by atoms with E-state index in [1.807, 2.05) is 29.2 Å². The number of nitrogens with zero attached hydrogens (tertiary/aromatic N) is 2. The van der Waals surface area contributed by atoms with Crippen LogP contribution in [0.3, 0.4) is 0 Å². The summed E-state index contributed by atoms with van der Waals surface area (Å²) in [7, 11) is 0. The lowest BCUT2D eigenvalue weighted by Gasteiger charge is -2.20. The van der Waals surface area contributed by atoms with Gasteiger partial charge in [0.2, 0.25) is 0 Å². The lowest BCUT2D eigenvalue weighted by Crippen LogP contribution is -2.26. The molecule has 0 radical (unpaired) electrons. The fourth-order valence-corrected chi connectivity index (χ4v) is 3.41. The molecule has 144 valence electrons. The Labute approximate surface area is 162 Å². The number of pyridine rings is 1. The molecule has 2 aromatic carbocycles. The Morgan fingerprint density at radius 2 is 1.89 bits per heavy atom. The van der Waals surface area contributed by atoms with E-state index < -0.39 is 17.7 Å². The monoisotopic (exact) mass is 382 g/mol. The standard InChI is InChI=1S/C22H20F2N2O2/c23-19-4-1-5-20(24)18(19)14-26-9-10-28-21-7-6-15(11-17(21)13-26)22(27)16-3-2-8-25-12-16/h1-8,11-12,22,27H,9-10,13-14H2. The molecule has 28 heavy (non-hydrogen) atoms. The SMILES string of the molecule is OC(c1cccnc1)c1ccc2c(c1)CN(Cc1c(F)cccc1F)CCO2. The number of halogens is 2. The number of hydrogen-bond acceptors (Lipinski definition) is 4. The molecule has 1 aliphatic rings. The van der Waals surface area contributed by atoms with Crippen molar-refractivity contribution in [2.24, 2.45) is 0 Å². The van der Waals surface area contributed by atoms with Gasteiger partial charge in [-0.3, -0.25) is 9.88 Å². The molecule has 4 rings (SSSR count). The predicted octanol–water partition coefficient (Wildman–Crippen LogP) is 3.84. The predicted molar refractivity (Wildman–Crippen MR) is 101 cm³/mol. The Bertz CT molecular complexity index is 946. The first-order chi connectivity index (χ1) is 13.6. The van der Waals surface area contributed by atoms with Crippen molar-refractivity contribution in [2.45, 2.75) is 19.2 Å². The van der Waals surface area contributed by atoms with Crippen LogP contribution in [0, 0.1) is 11.6 Å². The van der Waals surface area contributed by atoms with Crippen molar-refractivity contribution < 1.29 is 18.6 Å². The van der Waals surface area contributed by atoms with Gasteiger partial charge in [0.1, 0.15) is 30.1 Å². The number of aliphatic hydroxyl groups is 1. The Balaban J connectivity index is 1.58. The average Bonchev–Trinajstić information content (AvgIpc) is 2.92. The van der Waals surface area contributed by atoms with Gasteiger partial charge in [-0.05, 0) is 35.9 Å².